The first-order valence-corrected chi connectivity index (χ1v) is 8.36. The summed E-state index contributed by atoms with van der Waals surface area (Å²) in [7, 11) is 0. The zero-order chi connectivity index (χ0) is 16.5. The molecule has 1 spiro atoms. The quantitative estimate of drug-likeness (QED) is 0.914. The minimum absolute atomic E-state index is 0.285. The molecule has 1 aromatic rings. The van der Waals surface area contributed by atoms with Crippen LogP contribution in [0.2, 0.25) is 5.02 Å². The number of amides is 1. The molecule has 2 aliphatic heterocycles. The van der Waals surface area contributed by atoms with E-state index in [-0.39, 0.29) is 12.3 Å². The van der Waals surface area contributed by atoms with Crippen molar-refractivity contribution in [2.24, 2.45) is 0 Å². The van der Waals surface area contributed by atoms with Crippen LogP contribution in [-0.2, 0) is 19.9 Å². The summed E-state index contributed by atoms with van der Waals surface area (Å²) >= 11 is 6.02. The first kappa shape index (κ1) is 16.7. The first-order valence-electron chi connectivity index (χ1n) is 7.99. The van der Waals surface area contributed by atoms with Crippen molar-refractivity contribution in [2.45, 2.75) is 31.0 Å². The number of hydrogen-bond acceptors (Lipinski definition) is 4. The van der Waals surface area contributed by atoms with Gasteiger partial charge >= 0.3 is 0 Å². The van der Waals surface area contributed by atoms with Crippen LogP contribution in [0.3, 0.4) is 0 Å². The summed E-state index contributed by atoms with van der Waals surface area (Å²) in [4.78, 5) is 14.7. The van der Waals surface area contributed by atoms with E-state index in [9.17, 15) is 9.90 Å². The third-order valence-corrected chi connectivity index (χ3v) is 5.01. The Morgan fingerprint density at radius 1 is 1.48 bits per heavy atom. The number of aliphatic hydroxyl groups is 1. The maximum atomic E-state index is 13.0. The number of rotatable bonds is 3. The van der Waals surface area contributed by atoms with E-state index in [4.69, 9.17) is 21.1 Å². The second-order valence-corrected chi connectivity index (χ2v) is 6.72. The molecule has 3 rings (SSSR count). The summed E-state index contributed by atoms with van der Waals surface area (Å²) in [5.41, 5.74) is -1.46. The van der Waals surface area contributed by atoms with Crippen molar-refractivity contribution in [3.05, 3.63) is 34.9 Å². The Bertz CT molecular complexity index is 588. The van der Waals surface area contributed by atoms with Gasteiger partial charge in [-0.05, 0) is 24.1 Å². The maximum Gasteiger partial charge on any atom is 0.259 e. The SMILES string of the molecule is CC[C@@](O)(C(=O)N1CCO[C@@]2(CCOC2)C1)c1cccc(Cl)c1. The molecule has 5 nitrogen and oxygen atoms in total. The highest BCUT2D eigenvalue weighted by atomic mass is 35.5. The predicted molar refractivity (Wildman–Crippen MR) is 86.3 cm³/mol. The molecule has 2 atom stereocenters. The lowest BCUT2D eigenvalue weighted by atomic mass is 9.88. The van der Waals surface area contributed by atoms with Crippen LogP contribution in [-0.4, -0.2) is 54.4 Å². The number of ether oxygens (including phenoxy) is 2. The van der Waals surface area contributed by atoms with Gasteiger partial charge in [0.25, 0.3) is 5.91 Å². The van der Waals surface area contributed by atoms with Crippen molar-refractivity contribution in [3.8, 4) is 0 Å². The van der Waals surface area contributed by atoms with Crippen molar-refractivity contribution < 1.29 is 19.4 Å². The van der Waals surface area contributed by atoms with E-state index in [0.29, 0.717) is 43.5 Å². The Balaban J connectivity index is 1.84. The summed E-state index contributed by atoms with van der Waals surface area (Å²) in [6.07, 6.45) is 1.06. The molecule has 6 heteroatoms. The molecule has 0 aromatic heterocycles. The molecule has 23 heavy (non-hydrogen) atoms. The fourth-order valence-electron chi connectivity index (χ4n) is 3.33. The van der Waals surface area contributed by atoms with Gasteiger partial charge in [0.15, 0.2) is 5.60 Å². The van der Waals surface area contributed by atoms with E-state index in [1.165, 1.54) is 0 Å². The van der Waals surface area contributed by atoms with E-state index >= 15 is 0 Å². The summed E-state index contributed by atoms with van der Waals surface area (Å²) < 4.78 is 11.3. The summed E-state index contributed by atoms with van der Waals surface area (Å²) in [5, 5.41) is 11.6. The van der Waals surface area contributed by atoms with Crippen LogP contribution >= 0.6 is 11.6 Å². The Kier molecular flexibility index (Phi) is 4.65. The molecule has 126 valence electrons. The fraction of sp³-hybridized carbons (Fsp3) is 0.588. The second-order valence-electron chi connectivity index (χ2n) is 6.28. The highest BCUT2D eigenvalue weighted by molar-refractivity contribution is 6.30. The van der Waals surface area contributed by atoms with E-state index in [2.05, 4.69) is 0 Å². The van der Waals surface area contributed by atoms with E-state index in [0.717, 1.165) is 6.42 Å². The molecule has 0 saturated carbocycles. The summed E-state index contributed by atoms with van der Waals surface area (Å²) in [5.74, 6) is -0.295. The highest BCUT2D eigenvalue weighted by Gasteiger charge is 2.46. The third kappa shape index (κ3) is 3.11. The standard InChI is InChI=1S/C17H22ClNO4/c1-2-17(21,13-4-3-5-14(18)10-13)15(20)19-7-9-23-16(11-19)6-8-22-12-16/h3-5,10,21H,2,6-9,11-12H2,1H3/t16-,17-/m0/s1. The van der Waals surface area contributed by atoms with Crippen LogP contribution in [0.1, 0.15) is 25.3 Å². The monoisotopic (exact) mass is 339 g/mol. The number of nitrogens with zero attached hydrogens (tertiary/aromatic N) is 1. The number of hydrogen-bond donors (Lipinski definition) is 1. The van der Waals surface area contributed by atoms with Gasteiger partial charge in [-0.1, -0.05) is 30.7 Å². The van der Waals surface area contributed by atoms with E-state index in [1.807, 2.05) is 0 Å². The largest absolute Gasteiger partial charge is 0.378 e. The lowest BCUT2D eigenvalue weighted by Gasteiger charge is -2.42. The van der Waals surface area contributed by atoms with Gasteiger partial charge in [0, 0.05) is 24.6 Å². The van der Waals surface area contributed by atoms with Crippen LogP contribution in [0.15, 0.2) is 24.3 Å². The van der Waals surface area contributed by atoms with Gasteiger partial charge in [0.2, 0.25) is 0 Å². The molecule has 2 heterocycles. The topological polar surface area (TPSA) is 59.0 Å². The molecular formula is C17H22ClNO4. The molecule has 0 radical (unpaired) electrons. The molecule has 2 aliphatic rings. The van der Waals surface area contributed by atoms with E-state index < -0.39 is 11.2 Å². The Morgan fingerprint density at radius 2 is 2.30 bits per heavy atom. The summed E-state index contributed by atoms with van der Waals surface area (Å²) in [6, 6.07) is 6.86. The Morgan fingerprint density at radius 3 is 2.96 bits per heavy atom. The zero-order valence-electron chi connectivity index (χ0n) is 13.3. The number of carbonyl (C=O) groups excluding carboxylic acids is 1. The molecule has 1 aromatic carbocycles. The average molecular weight is 340 g/mol. The van der Waals surface area contributed by atoms with Crippen molar-refractivity contribution in [1.82, 2.24) is 4.90 Å². The number of carbonyl (C=O) groups is 1. The summed E-state index contributed by atoms with van der Waals surface area (Å²) in [6.45, 7) is 4.34. The minimum atomic E-state index is -1.57. The van der Waals surface area contributed by atoms with Crippen molar-refractivity contribution in [2.75, 3.05) is 32.9 Å². The predicted octanol–water partition coefficient (Wildman–Crippen LogP) is 1.96. The molecule has 0 bridgehead atoms. The van der Waals surface area contributed by atoms with Gasteiger partial charge in [-0.2, -0.15) is 0 Å². The molecule has 2 fully saturated rings. The highest BCUT2D eigenvalue weighted by Crippen LogP contribution is 2.33. The van der Waals surface area contributed by atoms with Gasteiger partial charge in [0.05, 0.1) is 19.8 Å². The van der Waals surface area contributed by atoms with Gasteiger partial charge in [-0.25, -0.2) is 0 Å². The van der Waals surface area contributed by atoms with E-state index in [1.54, 1.807) is 36.1 Å². The van der Waals surface area contributed by atoms with Crippen LogP contribution in [0, 0.1) is 0 Å². The van der Waals surface area contributed by atoms with Crippen LogP contribution in [0.4, 0.5) is 0 Å². The lowest BCUT2D eigenvalue weighted by molar-refractivity contribution is -0.169. The normalized spacial score (nSPS) is 27.2. The van der Waals surface area contributed by atoms with Crippen LogP contribution < -0.4 is 0 Å². The Hall–Kier alpha value is -1.14. The lowest BCUT2D eigenvalue weighted by Crippen LogP contribution is -2.58. The average Bonchev–Trinajstić information content (AvgIpc) is 3.01. The minimum Gasteiger partial charge on any atom is -0.378 e. The van der Waals surface area contributed by atoms with Crippen LogP contribution in [0.25, 0.3) is 0 Å². The number of halogens is 1. The molecule has 0 unspecified atom stereocenters. The molecule has 1 amide bonds. The molecule has 0 aliphatic carbocycles. The van der Waals surface area contributed by atoms with Gasteiger partial charge in [-0.15, -0.1) is 0 Å². The molecule has 1 N–H and O–H groups in total. The van der Waals surface area contributed by atoms with Crippen molar-refractivity contribution >= 4 is 17.5 Å². The van der Waals surface area contributed by atoms with Gasteiger partial charge < -0.3 is 19.5 Å². The number of benzene rings is 1. The third-order valence-electron chi connectivity index (χ3n) is 4.77. The fourth-order valence-corrected chi connectivity index (χ4v) is 3.52. The Labute approximate surface area is 141 Å². The number of morpholine rings is 1. The zero-order valence-corrected chi connectivity index (χ0v) is 14.0. The second kappa shape index (κ2) is 6.40. The van der Waals surface area contributed by atoms with Crippen molar-refractivity contribution in [3.63, 3.8) is 0 Å². The molecular weight excluding hydrogens is 318 g/mol. The van der Waals surface area contributed by atoms with Gasteiger partial charge in [0.1, 0.15) is 5.60 Å². The first-order chi connectivity index (χ1) is 11.0. The van der Waals surface area contributed by atoms with Gasteiger partial charge in [-0.3, -0.25) is 4.79 Å². The van der Waals surface area contributed by atoms with Crippen LogP contribution in [0.5, 0.6) is 0 Å². The molecule has 2 saturated heterocycles. The smallest absolute Gasteiger partial charge is 0.259 e. The maximum absolute atomic E-state index is 13.0. The van der Waals surface area contributed by atoms with Crippen molar-refractivity contribution in [1.29, 1.82) is 0 Å².